The summed E-state index contributed by atoms with van der Waals surface area (Å²) in [6.45, 7) is 5.55. The van der Waals surface area contributed by atoms with E-state index in [0.717, 1.165) is 17.0 Å². The number of rotatable bonds is 8. The summed E-state index contributed by atoms with van der Waals surface area (Å²) in [7, 11) is 4.85. The fraction of sp³-hybridized carbons (Fsp3) is 0.450. The lowest BCUT2D eigenvalue weighted by Crippen LogP contribution is -2.33. The van der Waals surface area contributed by atoms with Crippen LogP contribution in [0.3, 0.4) is 0 Å². The van der Waals surface area contributed by atoms with Crippen LogP contribution in [0, 0.1) is 13.8 Å². The summed E-state index contributed by atoms with van der Waals surface area (Å²) >= 11 is 0. The predicted molar refractivity (Wildman–Crippen MR) is 104 cm³/mol. The standard InChI is InChI=1S/C20H27N3O5/c1-11(19-12(2)22-23(4)13(19)3)20(26)21-15(10-18(24)25)14-7-8-16(27-5)17(9-14)28-6/h7-9,11,15H,10H2,1-6H3,(H,21,26)(H,24,25). The van der Waals surface area contributed by atoms with Crippen LogP contribution < -0.4 is 14.8 Å². The zero-order chi connectivity index (χ0) is 21.0. The van der Waals surface area contributed by atoms with Gasteiger partial charge in [-0.25, -0.2) is 0 Å². The molecule has 152 valence electrons. The summed E-state index contributed by atoms with van der Waals surface area (Å²) in [6, 6.07) is 4.39. The third-order valence-corrected chi connectivity index (χ3v) is 4.90. The number of aliphatic carboxylic acids is 1. The van der Waals surface area contributed by atoms with Crippen molar-refractivity contribution in [1.29, 1.82) is 0 Å². The number of ether oxygens (including phenoxy) is 2. The van der Waals surface area contributed by atoms with E-state index < -0.39 is 17.9 Å². The highest BCUT2D eigenvalue weighted by atomic mass is 16.5. The molecule has 2 rings (SSSR count). The number of benzene rings is 1. The zero-order valence-electron chi connectivity index (χ0n) is 17.1. The molecule has 0 saturated carbocycles. The fourth-order valence-electron chi connectivity index (χ4n) is 3.34. The number of nitrogens with one attached hydrogen (secondary N) is 1. The number of nitrogens with zero attached hydrogens (tertiary/aromatic N) is 2. The molecule has 0 aliphatic heterocycles. The minimum Gasteiger partial charge on any atom is -0.493 e. The number of aryl methyl sites for hydroxylation is 2. The second-order valence-electron chi connectivity index (χ2n) is 6.70. The van der Waals surface area contributed by atoms with Crippen molar-refractivity contribution in [3.63, 3.8) is 0 Å². The van der Waals surface area contributed by atoms with Gasteiger partial charge < -0.3 is 19.9 Å². The maximum atomic E-state index is 12.9. The molecule has 8 heteroatoms. The van der Waals surface area contributed by atoms with Crippen LogP contribution in [0.4, 0.5) is 0 Å². The van der Waals surface area contributed by atoms with Crippen molar-refractivity contribution in [1.82, 2.24) is 15.1 Å². The van der Waals surface area contributed by atoms with Gasteiger partial charge in [0.25, 0.3) is 0 Å². The molecule has 1 aromatic heterocycles. The van der Waals surface area contributed by atoms with Gasteiger partial charge in [0.15, 0.2) is 11.5 Å². The fourth-order valence-corrected chi connectivity index (χ4v) is 3.34. The SMILES string of the molecule is COc1ccc(C(CC(=O)O)NC(=O)C(C)c2c(C)nn(C)c2C)cc1OC. The smallest absolute Gasteiger partial charge is 0.305 e. The van der Waals surface area contributed by atoms with Crippen LogP contribution >= 0.6 is 0 Å². The van der Waals surface area contributed by atoms with Crippen LogP contribution in [-0.2, 0) is 16.6 Å². The largest absolute Gasteiger partial charge is 0.493 e. The summed E-state index contributed by atoms with van der Waals surface area (Å²) in [4.78, 5) is 24.3. The Labute approximate surface area is 164 Å². The number of hydrogen-bond acceptors (Lipinski definition) is 5. The Hall–Kier alpha value is -3.03. The molecule has 0 spiro atoms. The third-order valence-electron chi connectivity index (χ3n) is 4.90. The van der Waals surface area contributed by atoms with Gasteiger partial charge in [-0.05, 0) is 38.5 Å². The molecule has 2 unspecified atom stereocenters. The number of carbonyl (C=O) groups is 2. The number of amides is 1. The molecule has 0 aliphatic rings. The van der Waals surface area contributed by atoms with Gasteiger partial charge in [0.05, 0.1) is 38.3 Å². The number of aromatic nitrogens is 2. The van der Waals surface area contributed by atoms with Crippen molar-refractivity contribution in [2.45, 2.75) is 39.2 Å². The van der Waals surface area contributed by atoms with Crippen molar-refractivity contribution >= 4 is 11.9 Å². The van der Waals surface area contributed by atoms with E-state index in [2.05, 4.69) is 10.4 Å². The summed E-state index contributed by atoms with van der Waals surface area (Å²) in [5, 5.41) is 16.5. The van der Waals surface area contributed by atoms with Crippen molar-refractivity contribution in [2.24, 2.45) is 7.05 Å². The van der Waals surface area contributed by atoms with E-state index >= 15 is 0 Å². The van der Waals surface area contributed by atoms with Gasteiger partial charge in [0.1, 0.15) is 0 Å². The van der Waals surface area contributed by atoms with Crippen LogP contribution in [0.15, 0.2) is 18.2 Å². The lowest BCUT2D eigenvalue weighted by atomic mass is 9.96. The molecule has 1 heterocycles. The number of carbonyl (C=O) groups excluding carboxylic acids is 1. The van der Waals surface area contributed by atoms with Gasteiger partial charge in [0, 0.05) is 18.3 Å². The second kappa shape index (κ2) is 8.77. The van der Waals surface area contributed by atoms with E-state index in [9.17, 15) is 14.7 Å². The molecule has 0 fully saturated rings. The summed E-state index contributed by atoms with van der Waals surface area (Å²) in [5.74, 6) is -0.745. The Bertz CT molecular complexity index is 875. The molecule has 8 nitrogen and oxygen atoms in total. The van der Waals surface area contributed by atoms with Crippen molar-refractivity contribution in [3.05, 3.63) is 40.7 Å². The molecule has 2 aromatic rings. The molecule has 0 radical (unpaired) electrons. The van der Waals surface area contributed by atoms with Gasteiger partial charge >= 0.3 is 5.97 Å². The van der Waals surface area contributed by atoms with E-state index in [0.29, 0.717) is 17.1 Å². The Morgan fingerprint density at radius 3 is 2.36 bits per heavy atom. The second-order valence-corrected chi connectivity index (χ2v) is 6.70. The van der Waals surface area contributed by atoms with Crippen LogP contribution in [-0.4, -0.2) is 41.0 Å². The van der Waals surface area contributed by atoms with E-state index in [4.69, 9.17) is 9.47 Å². The molecule has 1 aromatic carbocycles. The van der Waals surface area contributed by atoms with Crippen LogP contribution in [0.2, 0.25) is 0 Å². The van der Waals surface area contributed by atoms with E-state index in [1.54, 1.807) is 29.8 Å². The van der Waals surface area contributed by atoms with E-state index in [1.165, 1.54) is 14.2 Å². The van der Waals surface area contributed by atoms with Crippen LogP contribution in [0.1, 0.15) is 47.8 Å². The Morgan fingerprint density at radius 1 is 1.21 bits per heavy atom. The van der Waals surface area contributed by atoms with E-state index in [1.807, 2.05) is 20.9 Å². The third kappa shape index (κ3) is 4.44. The molecule has 2 atom stereocenters. The Morgan fingerprint density at radius 2 is 1.86 bits per heavy atom. The molecule has 0 saturated heterocycles. The van der Waals surface area contributed by atoms with Crippen molar-refractivity contribution in [2.75, 3.05) is 14.2 Å². The molecule has 2 N–H and O–H groups in total. The first-order chi connectivity index (χ1) is 13.2. The molecule has 1 amide bonds. The summed E-state index contributed by atoms with van der Waals surface area (Å²) < 4.78 is 12.2. The highest BCUT2D eigenvalue weighted by Gasteiger charge is 2.26. The summed E-state index contributed by atoms with van der Waals surface area (Å²) in [5.41, 5.74) is 3.16. The first kappa shape index (κ1) is 21.3. The molecular weight excluding hydrogens is 362 g/mol. The number of methoxy groups -OCH3 is 2. The van der Waals surface area contributed by atoms with Crippen molar-refractivity contribution in [3.8, 4) is 11.5 Å². The number of carboxylic acids is 1. The first-order valence-electron chi connectivity index (χ1n) is 8.93. The van der Waals surface area contributed by atoms with Crippen LogP contribution in [0.25, 0.3) is 0 Å². The average Bonchev–Trinajstić information content (AvgIpc) is 2.91. The average molecular weight is 389 g/mol. The molecular formula is C20H27N3O5. The monoisotopic (exact) mass is 389 g/mol. The number of hydrogen-bond donors (Lipinski definition) is 2. The molecule has 0 bridgehead atoms. The topological polar surface area (TPSA) is 103 Å². The minimum absolute atomic E-state index is 0.251. The lowest BCUT2D eigenvalue weighted by Gasteiger charge is -2.21. The first-order valence-corrected chi connectivity index (χ1v) is 8.93. The van der Waals surface area contributed by atoms with Gasteiger partial charge in [-0.15, -0.1) is 0 Å². The molecule has 28 heavy (non-hydrogen) atoms. The Balaban J connectivity index is 2.31. The quantitative estimate of drug-likeness (QED) is 0.719. The number of carboxylic acid groups (broad SMARTS) is 1. The van der Waals surface area contributed by atoms with Crippen molar-refractivity contribution < 1.29 is 24.2 Å². The van der Waals surface area contributed by atoms with E-state index in [-0.39, 0.29) is 12.3 Å². The van der Waals surface area contributed by atoms with Gasteiger partial charge in [0.2, 0.25) is 5.91 Å². The summed E-state index contributed by atoms with van der Waals surface area (Å²) in [6.07, 6.45) is -0.251. The zero-order valence-corrected chi connectivity index (χ0v) is 17.1. The maximum absolute atomic E-state index is 12.9. The predicted octanol–water partition coefficient (Wildman–Crippen LogP) is 2.49. The minimum atomic E-state index is -1.01. The van der Waals surface area contributed by atoms with Gasteiger partial charge in [-0.2, -0.15) is 5.10 Å². The normalized spacial score (nSPS) is 12.9. The van der Waals surface area contributed by atoms with Gasteiger partial charge in [-0.3, -0.25) is 14.3 Å². The van der Waals surface area contributed by atoms with Crippen LogP contribution in [0.5, 0.6) is 11.5 Å². The lowest BCUT2D eigenvalue weighted by molar-refractivity contribution is -0.137. The van der Waals surface area contributed by atoms with Gasteiger partial charge in [-0.1, -0.05) is 6.07 Å². The Kier molecular flexibility index (Phi) is 6.66. The maximum Gasteiger partial charge on any atom is 0.305 e. The highest BCUT2D eigenvalue weighted by molar-refractivity contribution is 5.84. The molecule has 0 aliphatic carbocycles. The highest BCUT2D eigenvalue weighted by Crippen LogP contribution is 2.31.